The normalized spacial score (nSPS) is 13.4. The van der Waals surface area contributed by atoms with Crippen molar-refractivity contribution in [2.75, 3.05) is 0 Å². The van der Waals surface area contributed by atoms with E-state index in [0.29, 0.717) is 12.8 Å². The van der Waals surface area contributed by atoms with E-state index in [9.17, 15) is 9.59 Å². The highest BCUT2D eigenvalue weighted by Gasteiger charge is 2.28. The molecule has 0 saturated carbocycles. The van der Waals surface area contributed by atoms with E-state index in [0.717, 1.165) is 31.0 Å². The second kappa shape index (κ2) is 36.3. The largest absolute Gasteiger partial charge is 0.427 e. The average Bonchev–Trinajstić information content (AvgIpc) is 3.08. The van der Waals surface area contributed by atoms with E-state index in [1.165, 1.54) is 197 Å². The molecule has 0 unspecified atom stereocenters. The SMILES string of the molecule is CCCCCCCCCCCCCCCCCC(=O)OC([CH2][Al]1[CH2]CCC[CH2]1)OC(=O)CCCCCCCCCCCCCCCCC. The first-order valence-electron chi connectivity index (χ1n) is 22.0. The van der Waals surface area contributed by atoms with Gasteiger partial charge in [-0.15, -0.1) is 0 Å². The number of carbonyl (C=O) groups excluding carboxylic acids is 2. The molecule has 0 bridgehead atoms. The Labute approximate surface area is 304 Å². The maximum Gasteiger partial charge on any atom is 0.308 e. The van der Waals surface area contributed by atoms with Gasteiger partial charge in [-0.2, -0.15) is 0 Å². The van der Waals surface area contributed by atoms with Gasteiger partial charge in [0.25, 0.3) is 14.1 Å². The number of unbranched alkanes of at least 4 members (excludes halogenated alkanes) is 28. The summed E-state index contributed by atoms with van der Waals surface area (Å²) in [7, 11) is 0. The fourth-order valence-electron chi connectivity index (χ4n) is 7.51. The van der Waals surface area contributed by atoms with Crippen molar-refractivity contribution in [1.82, 2.24) is 0 Å². The van der Waals surface area contributed by atoms with Crippen molar-refractivity contribution < 1.29 is 19.1 Å². The Kier molecular flexibility index (Phi) is 34.4. The van der Waals surface area contributed by atoms with Crippen LogP contribution in [0.1, 0.15) is 239 Å². The zero-order valence-corrected chi connectivity index (χ0v) is 33.8. The van der Waals surface area contributed by atoms with Crippen LogP contribution in [0, 0.1) is 0 Å². The molecule has 0 aromatic rings. The standard InChI is InChI=1S/C38H73O4.C5H10.Al/c1-4-6-8-10-12-14-16-18-20-22-24-26-28-30-32-34-37(39)41-36(3)42-38(40)35-33-31-29-27-25-23-21-19-17-15-13-11-9-7-5-2;1-3-5-4-2;/h36H,3-35H2,1-2H3;1-5H2;. The van der Waals surface area contributed by atoms with Gasteiger partial charge in [-0.05, 0) is 18.1 Å². The Bertz CT molecular complexity index is 644. The van der Waals surface area contributed by atoms with Crippen LogP contribution < -0.4 is 0 Å². The summed E-state index contributed by atoms with van der Waals surface area (Å²) >= 11 is -0.988. The third kappa shape index (κ3) is 31.5. The predicted octanol–water partition coefficient (Wildman–Crippen LogP) is 14.6. The van der Waals surface area contributed by atoms with Crippen molar-refractivity contribution in [3.63, 3.8) is 0 Å². The molecular formula is C43H83AlO4. The summed E-state index contributed by atoms with van der Waals surface area (Å²) in [6.07, 6.45) is 43.7. The topological polar surface area (TPSA) is 52.6 Å². The summed E-state index contributed by atoms with van der Waals surface area (Å²) in [6, 6.07) is 0. The van der Waals surface area contributed by atoms with E-state index >= 15 is 0 Å². The zero-order chi connectivity index (χ0) is 34.6. The van der Waals surface area contributed by atoms with Crippen molar-refractivity contribution in [2.24, 2.45) is 0 Å². The fraction of sp³-hybridized carbons (Fsp3) is 0.953. The summed E-state index contributed by atoms with van der Waals surface area (Å²) < 4.78 is 11.6. The highest BCUT2D eigenvalue weighted by Crippen LogP contribution is 2.25. The summed E-state index contributed by atoms with van der Waals surface area (Å²) in [4.78, 5) is 25.4. The second-order valence-corrected chi connectivity index (χ2v) is 18.9. The summed E-state index contributed by atoms with van der Waals surface area (Å²) in [5.74, 6) is -0.335. The van der Waals surface area contributed by atoms with E-state index in [1.807, 2.05) is 0 Å². The van der Waals surface area contributed by atoms with Gasteiger partial charge in [0.15, 0.2) is 0 Å². The van der Waals surface area contributed by atoms with E-state index in [-0.39, 0.29) is 11.9 Å². The van der Waals surface area contributed by atoms with Gasteiger partial charge in [-0.3, -0.25) is 9.59 Å². The number of hydrogen-bond acceptors (Lipinski definition) is 4. The molecule has 1 saturated heterocycles. The Morgan fingerprint density at radius 3 is 0.979 bits per heavy atom. The number of rotatable bonds is 36. The Morgan fingerprint density at radius 2 is 0.688 bits per heavy atom. The minimum atomic E-state index is -0.988. The molecule has 1 heterocycles. The van der Waals surface area contributed by atoms with Gasteiger partial charge in [0.2, 0.25) is 6.29 Å². The van der Waals surface area contributed by atoms with E-state index < -0.39 is 20.4 Å². The van der Waals surface area contributed by atoms with Crippen molar-refractivity contribution in [1.29, 1.82) is 0 Å². The van der Waals surface area contributed by atoms with Gasteiger partial charge in [0, 0.05) is 12.8 Å². The van der Waals surface area contributed by atoms with Crippen molar-refractivity contribution in [3.05, 3.63) is 0 Å². The van der Waals surface area contributed by atoms with Gasteiger partial charge in [0.05, 0.1) is 0 Å². The lowest BCUT2D eigenvalue weighted by atomic mass is 10.0. The minimum Gasteiger partial charge on any atom is -0.427 e. The Morgan fingerprint density at radius 1 is 0.417 bits per heavy atom. The molecule has 282 valence electrons. The van der Waals surface area contributed by atoms with Gasteiger partial charge in [-0.25, -0.2) is 0 Å². The van der Waals surface area contributed by atoms with Crippen LogP contribution in [0.15, 0.2) is 0 Å². The van der Waals surface area contributed by atoms with Crippen LogP contribution in [-0.4, -0.2) is 32.4 Å². The molecule has 1 rings (SSSR count). The van der Waals surface area contributed by atoms with Crippen LogP contribution in [0.2, 0.25) is 15.8 Å². The molecule has 0 atom stereocenters. The number of esters is 2. The summed E-state index contributed by atoms with van der Waals surface area (Å²) in [5.41, 5.74) is 0. The van der Waals surface area contributed by atoms with Crippen LogP contribution in [0.5, 0.6) is 0 Å². The molecule has 0 spiro atoms. The fourth-order valence-corrected chi connectivity index (χ4v) is 10.7. The molecule has 4 nitrogen and oxygen atoms in total. The van der Waals surface area contributed by atoms with Gasteiger partial charge in [0.1, 0.15) is 0 Å². The predicted molar refractivity (Wildman–Crippen MR) is 209 cm³/mol. The second-order valence-electron chi connectivity index (χ2n) is 15.5. The first-order valence-corrected chi connectivity index (χ1v) is 24.5. The van der Waals surface area contributed by atoms with Crippen LogP contribution >= 0.6 is 0 Å². The summed E-state index contributed by atoms with van der Waals surface area (Å²) in [6.45, 7) is 4.57. The quantitative estimate of drug-likeness (QED) is 0.0284. The highest BCUT2D eigenvalue weighted by atomic mass is 27.2. The van der Waals surface area contributed by atoms with Crippen LogP contribution in [0.25, 0.3) is 0 Å². The number of hydrogen-bond donors (Lipinski definition) is 0. The average molecular weight is 691 g/mol. The molecule has 0 radical (unpaired) electrons. The molecule has 1 fully saturated rings. The van der Waals surface area contributed by atoms with Crippen LogP contribution in [0.4, 0.5) is 0 Å². The van der Waals surface area contributed by atoms with E-state index in [4.69, 9.17) is 9.47 Å². The van der Waals surface area contributed by atoms with Gasteiger partial charge >= 0.3 is 11.9 Å². The lowest BCUT2D eigenvalue weighted by Gasteiger charge is -2.23. The molecule has 48 heavy (non-hydrogen) atoms. The number of carbonyl (C=O) groups is 2. The molecule has 0 aromatic carbocycles. The maximum absolute atomic E-state index is 12.7. The molecule has 5 heteroatoms. The lowest BCUT2D eigenvalue weighted by Crippen LogP contribution is -2.30. The van der Waals surface area contributed by atoms with Crippen molar-refractivity contribution in [3.8, 4) is 0 Å². The van der Waals surface area contributed by atoms with Gasteiger partial charge in [-0.1, -0.05) is 223 Å². The van der Waals surface area contributed by atoms with Crippen molar-refractivity contribution >= 4 is 26.1 Å². The first kappa shape index (κ1) is 45.5. The van der Waals surface area contributed by atoms with Gasteiger partial charge < -0.3 is 9.47 Å². The third-order valence-corrected chi connectivity index (χ3v) is 14.2. The number of ether oxygens (including phenoxy) is 2. The van der Waals surface area contributed by atoms with Crippen molar-refractivity contribution in [2.45, 2.75) is 261 Å². The lowest BCUT2D eigenvalue weighted by molar-refractivity contribution is -0.184. The Hall–Kier alpha value is -0.528. The molecule has 0 amide bonds. The van der Waals surface area contributed by atoms with Crippen LogP contribution in [-0.2, 0) is 19.1 Å². The smallest absolute Gasteiger partial charge is 0.308 e. The van der Waals surface area contributed by atoms with E-state index in [2.05, 4.69) is 13.8 Å². The summed E-state index contributed by atoms with van der Waals surface area (Å²) in [5, 5.41) is 3.41. The molecular weight excluding hydrogens is 607 g/mol. The maximum atomic E-state index is 12.7. The highest BCUT2D eigenvalue weighted by molar-refractivity contribution is 6.59. The zero-order valence-electron chi connectivity index (χ0n) is 32.7. The molecule has 1 aliphatic rings. The molecule has 1 aliphatic heterocycles. The van der Waals surface area contributed by atoms with Crippen LogP contribution in [0.3, 0.4) is 0 Å². The monoisotopic (exact) mass is 691 g/mol. The third-order valence-electron chi connectivity index (χ3n) is 10.7. The first-order chi connectivity index (χ1) is 23.7. The Balaban J connectivity index is 2.08. The minimum absolute atomic E-state index is 0.167. The molecule has 0 aromatic heterocycles. The van der Waals surface area contributed by atoms with E-state index in [1.54, 1.807) is 0 Å². The molecule has 0 aliphatic carbocycles. The molecule has 0 N–H and O–H groups in total.